The zero-order valence-electron chi connectivity index (χ0n) is 30.0. The van der Waals surface area contributed by atoms with Gasteiger partial charge in [-0.05, 0) is 90.2 Å². The minimum absolute atomic E-state index is 0.544. The maximum absolute atomic E-state index is 9.07. The summed E-state index contributed by atoms with van der Waals surface area (Å²) in [6, 6.07) is 26.4. The monoisotopic (exact) mass is 683 g/mol. The van der Waals surface area contributed by atoms with E-state index in [2.05, 4.69) is 81.9 Å². The average Bonchev–Trinajstić information content (AvgIpc) is 3.12. The molecule has 1 aliphatic heterocycles. The van der Waals surface area contributed by atoms with Gasteiger partial charge in [-0.15, -0.1) is 0 Å². The lowest BCUT2D eigenvalue weighted by atomic mass is 10.1. The van der Waals surface area contributed by atoms with E-state index in [-0.39, 0.29) is 0 Å². The minimum atomic E-state index is -0.843. The molecule has 1 fully saturated rings. The summed E-state index contributed by atoms with van der Waals surface area (Å²) in [5.41, 5.74) is 5.90. The van der Waals surface area contributed by atoms with Gasteiger partial charge in [0.25, 0.3) is 0 Å². The van der Waals surface area contributed by atoms with Gasteiger partial charge in [-0.25, -0.2) is 0 Å². The summed E-state index contributed by atoms with van der Waals surface area (Å²) < 4.78 is 23.6. The molecule has 0 aliphatic carbocycles. The highest BCUT2D eigenvalue weighted by molar-refractivity contribution is 8.35. The number of nitrogens with zero attached hydrogens (tertiary/aromatic N) is 3. The molecule has 1 aliphatic rings. The Hall–Kier alpha value is -3.78. The van der Waals surface area contributed by atoms with E-state index < -0.39 is 10.0 Å². The Kier molecular flexibility index (Phi) is 18.4. The molecule has 3 aromatic carbocycles. The number of hydrogen-bond donors (Lipinski definition) is 0. The lowest BCUT2D eigenvalue weighted by Crippen LogP contribution is -2.33. The average molecular weight is 684 g/mol. The summed E-state index contributed by atoms with van der Waals surface area (Å²) in [6.45, 7) is 12.4. The van der Waals surface area contributed by atoms with Gasteiger partial charge in [0.2, 0.25) is 0 Å². The quantitative estimate of drug-likeness (QED) is 0.297. The first-order valence-electron chi connectivity index (χ1n) is 17.1. The summed E-state index contributed by atoms with van der Waals surface area (Å²) >= 11 is 0. The van der Waals surface area contributed by atoms with Crippen LogP contribution in [0.3, 0.4) is 0 Å². The molecule has 0 amide bonds. The fraction of sp³-hybridized carbons (Fsp3) is 0.439. The molecule has 49 heavy (non-hydrogen) atoms. The zero-order chi connectivity index (χ0) is 35.2. The van der Waals surface area contributed by atoms with E-state index in [0.717, 1.165) is 60.7 Å². The Balaban J connectivity index is 0.00000319. The van der Waals surface area contributed by atoms with Gasteiger partial charge in [-0.1, -0.05) is 43.7 Å². The van der Waals surface area contributed by atoms with Crippen LogP contribution in [0.25, 0.3) is 0 Å². The topological polar surface area (TPSA) is 67.2 Å². The summed E-state index contributed by atoms with van der Waals surface area (Å²) in [4.78, 5) is 4.59. The van der Waals surface area contributed by atoms with Crippen molar-refractivity contribution in [1.82, 2.24) is 4.90 Å². The fourth-order valence-electron chi connectivity index (χ4n) is 4.71. The molecular formula is C41H53N3O4S. The molecule has 0 radical (unpaired) electrons. The number of anilines is 1. The van der Waals surface area contributed by atoms with Crippen LogP contribution in [0, 0.1) is 34.3 Å². The molecule has 262 valence electrons. The van der Waals surface area contributed by atoms with E-state index in [0.29, 0.717) is 58.4 Å². The largest absolute Gasteiger partial charge is 0.378 e. The van der Waals surface area contributed by atoms with Crippen LogP contribution in [0.1, 0.15) is 41.7 Å². The van der Waals surface area contributed by atoms with E-state index in [1.54, 1.807) is 0 Å². The normalized spacial score (nSPS) is 16.1. The van der Waals surface area contributed by atoms with Gasteiger partial charge in [0.1, 0.15) is 0 Å². The molecule has 0 unspecified atom stereocenters. The molecule has 1 saturated heterocycles. The third kappa shape index (κ3) is 16.5. The molecular weight excluding hydrogens is 631 g/mol. The van der Waals surface area contributed by atoms with Crippen molar-refractivity contribution in [2.45, 2.75) is 20.4 Å². The van der Waals surface area contributed by atoms with E-state index in [1.807, 2.05) is 62.4 Å². The van der Waals surface area contributed by atoms with Crippen LogP contribution < -0.4 is 4.90 Å². The first-order valence-corrected chi connectivity index (χ1v) is 19.9. The maximum atomic E-state index is 9.07. The Labute approximate surface area is 296 Å². The highest BCUT2D eigenvalue weighted by Crippen LogP contribution is 2.32. The number of nitriles is 1. The van der Waals surface area contributed by atoms with Crippen molar-refractivity contribution < 1.29 is 18.9 Å². The highest BCUT2D eigenvalue weighted by Gasteiger charge is 2.10. The lowest BCUT2D eigenvalue weighted by molar-refractivity contribution is 0.0211. The summed E-state index contributed by atoms with van der Waals surface area (Å²) in [5, 5.41) is 12.4. The van der Waals surface area contributed by atoms with E-state index in [1.165, 1.54) is 0 Å². The standard InChI is InChI=1S/C39H47N3O4S.C2H6/c1-47(2,3)31-18-36-8-6-34(7-9-36)4-5-35-14-16-39(17-15-35)42-21-25-45-29-27-43-23-19-41(20-24-44-28-30-46-26-22-42)33-38-12-10-37(32-40)11-13-38;1-2/h6-17H,19-30,33H2,1-3H3;1-2H3. The summed E-state index contributed by atoms with van der Waals surface area (Å²) in [6.07, 6.45) is 6.58. The predicted octanol–water partition coefficient (Wildman–Crippen LogP) is 6.38. The number of hydrogen-bond acceptors (Lipinski definition) is 7. The van der Waals surface area contributed by atoms with Gasteiger partial charge in [0.05, 0.1) is 64.5 Å². The number of ether oxygens (including phenoxy) is 4. The van der Waals surface area contributed by atoms with Gasteiger partial charge in [0, 0.05) is 55.1 Å². The van der Waals surface area contributed by atoms with Gasteiger partial charge >= 0.3 is 0 Å². The van der Waals surface area contributed by atoms with Crippen LogP contribution in [0.4, 0.5) is 5.69 Å². The second-order valence-corrected chi connectivity index (χ2v) is 15.8. The van der Waals surface area contributed by atoms with Gasteiger partial charge in [-0.2, -0.15) is 15.3 Å². The minimum Gasteiger partial charge on any atom is -0.378 e. The molecule has 0 atom stereocenters. The maximum Gasteiger partial charge on any atom is 0.0991 e. The van der Waals surface area contributed by atoms with Crippen LogP contribution in [-0.2, 0) is 25.5 Å². The first kappa shape index (κ1) is 39.7. The summed E-state index contributed by atoms with van der Waals surface area (Å²) in [7, 11) is -0.843. The van der Waals surface area contributed by atoms with Crippen LogP contribution in [0.15, 0.2) is 72.8 Å². The van der Waals surface area contributed by atoms with Crippen LogP contribution >= 0.6 is 10.0 Å². The van der Waals surface area contributed by atoms with Crippen molar-refractivity contribution in [3.05, 3.63) is 101 Å². The SMILES string of the molecule is CC.CS(C)(C)C#Cc1ccc(C#Cc2ccc(N3CCOCCOCCN(Cc4ccc(C#N)cc4)CCOCCOCC3)cc2)cc1. The zero-order valence-corrected chi connectivity index (χ0v) is 30.8. The van der Waals surface area contributed by atoms with E-state index in [4.69, 9.17) is 24.2 Å². The molecule has 0 bridgehead atoms. The van der Waals surface area contributed by atoms with Crippen LogP contribution in [0.2, 0.25) is 0 Å². The Morgan fingerprint density at radius 3 is 1.41 bits per heavy atom. The molecule has 0 saturated carbocycles. The second-order valence-electron chi connectivity index (χ2n) is 12.0. The molecule has 3 aromatic rings. The van der Waals surface area contributed by atoms with Crippen molar-refractivity contribution in [2.24, 2.45) is 0 Å². The molecule has 8 heteroatoms. The van der Waals surface area contributed by atoms with Crippen molar-refractivity contribution in [1.29, 1.82) is 5.26 Å². The fourth-order valence-corrected chi connectivity index (χ4v) is 5.14. The Bertz CT molecular complexity index is 1500. The van der Waals surface area contributed by atoms with Crippen LogP contribution in [-0.4, -0.2) is 103 Å². The lowest BCUT2D eigenvalue weighted by Gasteiger charge is -2.25. The van der Waals surface area contributed by atoms with E-state index in [9.17, 15) is 0 Å². The molecule has 0 aromatic heterocycles. The second kappa shape index (κ2) is 22.8. The summed E-state index contributed by atoms with van der Waals surface area (Å²) in [5.74, 6) is 9.82. The van der Waals surface area contributed by atoms with Gasteiger partial charge in [0.15, 0.2) is 0 Å². The number of rotatable bonds is 3. The van der Waals surface area contributed by atoms with Crippen LogP contribution in [0.5, 0.6) is 0 Å². The van der Waals surface area contributed by atoms with Crippen molar-refractivity contribution in [3.8, 4) is 29.1 Å². The molecule has 0 N–H and O–H groups in total. The third-order valence-electron chi connectivity index (χ3n) is 7.32. The van der Waals surface area contributed by atoms with Gasteiger partial charge < -0.3 is 23.8 Å². The smallest absolute Gasteiger partial charge is 0.0991 e. The van der Waals surface area contributed by atoms with Crippen molar-refractivity contribution >= 4 is 15.7 Å². The molecule has 0 spiro atoms. The highest BCUT2D eigenvalue weighted by atomic mass is 32.3. The molecule has 1 heterocycles. The first-order chi connectivity index (χ1) is 23.9. The Morgan fingerprint density at radius 2 is 0.959 bits per heavy atom. The predicted molar refractivity (Wildman–Crippen MR) is 204 cm³/mol. The van der Waals surface area contributed by atoms with E-state index >= 15 is 0 Å². The third-order valence-corrected chi connectivity index (χ3v) is 8.03. The number of benzene rings is 3. The Morgan fingerprint density at radius 1 is 0.551 bits per heavy atom. The van der Waals surface area contributed by atoms with Gasteiger partial charge in [-0.3, -0.25) is 4.90 Å². The van der Waals surface area contributed by atoms with Crippen molar-refractivity contribution in [2.75, 3.05) is 103 Å². The molecule has 4 rings (SSSR count). The van der Waals surface area contributed by atoms with Crippen molar-refractivity contribution in [3.63, 3.8) is 0 Å². The molecule has 7 nitrogen and oxygen atoms in total.